The number of hydrogen-bond acceptors (Lipinski definition) is 3. The number of carboxylic acid groups (broad SMARTS) is 1. The molecule has 1 rings (SSSR count). The number of unbranched alkanes of at least 4 members (excludes halogenated alkanes) is 4. The first kappa shape index (κ1) is 14.5. The van der Waals surface area contributed by atoms with Gasteiger partial charge in [-0.15, -0.1) is 0 Å². The molecule has 1 heterocycles. The molecular formula is C13H24O4. The van der Waals surface area contributed by atoms with E-state index in [0.717, 1.165) is 58.0 Å². The van der Waals surface area contributed by atoms with Gasteiger partial charge in [0.15, 0.2) is 0 Å². The third-order valence-electron chi connectivity index (χ3n) is 3.28. The Kier molecular flexibility index (Phi) is 7.21. The van der Waals surface area contributed by atoms with Crippen molar-refractivity contribution in [2.45, 2.75) is 70.0 Å². The van der Waals surface area contributed by atoms with E-state index in [1.165, 1.54) is 0 Å². The number of carbonyl (C=O) groups is 1. The smallest absolute Gasteiger partial charge is 0.303 e. The summed E-state index contributed by atoms with van der Waals surface area (Å²) in [6.45, 7) is 0.789. The van der Waals surface area contributed by atoms with Gasteiger partial charge in [-0.1, -0.05) is 25.7 Å². The monoisotopic (exact) mass is 244 g/mol. The largest absolute Gasteiger partial charge is 0.481 e. The highest BCUT2D eigenvalue weighted by molar-refractivity contribution is 5.66. The molecule has 2 N–H and O–H groups in total. The predicted octanol–water partition coefficient (Wildman–Crippen LogP) is 2.34. The van der Waals surface area contributed by atoms with E-state index < -0.39 is 5.97 Å². The molecule has 0 aromatic heterocycles. The third kappa shape index (κ3) is 6.64. The lowest BCUT2D eigenvalue weighted by Crippen LogP contribution is -2.24. The summed E-state index contributed by atoms with van der Waals surface area (Å²) in [5.41, 5.74) is 0. The fourth-order valence-corrected chi connectivity index (χ4v) is 2.25. The van der Waals surface area contributed by atoms with Gasteiger partial charge in [-0.2, -0.15) is 0 Å². The van der Waals surface area contributed by atoms with Gasteiger partial charge in [0, 0.05) is 13.0 Å². The van der Waals surface area contributed by atoms with Crippen molar-refractivity contribution in [2.24, 2.45) is 0 Å². The minimum Gasteiger partial charge on any atom is -0.481 e. The van der Waals surface area contributed by atoms with E-state index in [0.29, 0.717) is 0 Å². The lowest BCUT2D eigenvalue weighted by molar-refractivity contribution is -0.137. The van der Waals surface area contributed by atoms with Crippen LogP contribution in [0, 0.1) is 0 Å². The second kappa shape index (κ2) is 8.48. The molecule has 0 spiro atoms. The van der Waals surface area contributed by atoms with Crippen molar-refractivity contribution in [1.82, 2.24) is 0 Å². The van der Waals surface area contributed by atoms with Crippen LogP contribution in [0.1, 0.15) is 57.8 Å². The molecule has 1 saturated heterocycles. The zero-order chi connectivity index (χ0) is 12.5. The third-order valence-corrected chi connectivity index (χ3v) is 3.28. The van der Waals surface area contributed by atoms with E-state index in [1.807, 2.05) is 0 Å². The van der Waals surface area contributed by atoms with Crippen LogP contribution in [-0.4, -0.2) is 35.0 Å². The first-order chi connectivity index (χ1) is 8.20. The van der Waals surface area contributed by atoms with Gasteiger partial charge in [-0.25, -0.2) is 0 Å². The van der Waals surface area contributed by atoms with Crippen LogP contribution in [0.15, 0.2) is 0 Å². The Morgan fingerprint density at radius 3 is 2.59 bits per heavy atom. The summed E-state index contributed by atoms with van der Waals surface area (Å²) in [6, 6.07) is 0. The fourth-order valence-electron chi connectivity index (χ4n) is 2.25. The highest BCUT2D eigenvalue weighted by Gasteiger charge is 2.23. The summed E-state index contributed by atoms with van der Waals surface area (Å²) in [7, 11) is 0. The Bertz CT molecular complexity index is 211. The molecule has 4 heteroatoms. The molecule has 0 aromatic carbocycles. The van der Waals surface area contributed by atoms with Crippen molar-refractivity contribution in [2.75, 3.05) is 6.61 Å². The van der Waals surface area contributed by atoms with Gasteiger partial charge in [-0.05, 0) is 25.7 Å². The van der Waals surface area contributed by atoms with Crippen molar-refractivity contribution in [3.63, 3.8) is 0 Å². The normalized spacial score (nSPS) is 21.6. The van der Waals surface area contributed by atoms with Crippen LogP contribution in [0.3, 0.4) is 0 Å². The first-order valence-electron chi connectivity index (χ1n) is 6.71. The minimum absolute atomic E-state index is 0.0574. The molecule has 1 fully saturated rings. The van der Waals surface area contributed by atoms with Gasteiger partial charge in [-0.3, -0.25) is 4.79 Å². The van der Waals surface area contributed by atoms with Gasteiger partial charge in [0.1, 0.15) is 0 Å². The first-order valence-corrected chi connectivity index (χ1v) is 6.71. The molecule has 17 heavy (non-hydrogen) atoms. The zero-order valence-corrected chi connectivity index (χ0v) is 10.4. The van der Waals surface area contributed by atoms with Crippen LogP contribution >= 0.6 is 0 Å². The van der Waals surface area contributed by atoms with E-state index in [2.05, 4.69) is 0 Å². The maximum Gasteiger partial charge on any atom is 0.303 e. The Morgan fingerprint density at radius 1 is 1.24 bits per heavy atom. The Labute approximate surface area is 103 Å². The summed E-state index contributed by atoms with van der Waals surface area (Å²) < 4.78 is 5.42. The maximum absolute atomic E-state index is 10.3. The maximum atomic E-state index is 10.3. The lowest BCUT2D eigenvalue weighted by atomic mass is 10.0. The van der Waals surface area contributed by atoms with Crippen LogP contribution < -0.4 is 0 Å². The zero-order valence-electron chi connectivity index (χ0n) is 10.4. The number of ether oxygens (including phenoxy) is 1. The molecule has 0 saturated carbocycles. The molecular weight excluding hydrogens is 220 g/mol. The Hall–Kier alpha value is -0.610. The minimum atomic E-state index is -0.709. The molecule has 0 bridgehead atoms. The van der Waals surface area contributed by atoms with Gasteiger partial charge in [0.25, 0.3) is 0 Å². The molecule has 4 nitrogen and oxygen atoms in total. The summed E-state index contributed by atoms with van der Waals surface area (Å²) in [5, 5.41) is 18.3. The number of aliphatic hydroxyl groups excluding tert-OH is 1. The van der Waals surface area contributed by atoms with Crippen molar-refractivity contribution >= 4 is 5.97 Å². The predicted molar refractivity (Wildman–Crippen MR) is 64.9 cm³/mol. The molecule has 0 aromatic rings. The summed E-state index contributed by atoms with van der Waals surface area (Å²) in [5.74, 6) is -0.709. The van der Waals surface area contributed by atoms with Gasteiger partial charge < -0.3 is 14.9 Å². The summed E-state index contributed by atoms with van der Waals surface area (Å²) in [4.78, 5) is 10.3. The average molecular weight is 244 g/mol. The second-order valence-electron chi connectivity index (χ2n) is 4.82. The lowest BCUT2D eigenvalue weighted by Gasteiger charge is -2.16. The number of hydrogen-bond donors (Lipinski definition) is 2. The second-order valence-corrected chi connectivity index (χ2v) is 4.82. The van der Waals surface area contributed by atoms with Crippen molar-refractivity contribution in [1.29, 1.82) is 0 Å². The molecule has 0 radical (unpaired) electrons. The van der Waals surface area contributed by atoms with Gasteiger partial charge in [0.2, 0.25) is 0 Å². The number of aliphatic carboxylic acids is 1. The van der Waals surface area contributed by atoms with Crippen LogP contribution in [0.25, 0.3) is 0 Å². The highest BCUT2D eigenvalue weighted by atomic mass is 16.5. The van der Waals surface area contributed by atoms with E-state index in [1.54, 1.807) is 0 Å². The van der Waals surface area contributed by atoms with Crippen LogP contribution in [-0.2, 0) is 9.53 Å². The van der Waals surface area contributed by atoms with Crippen LogP contribution in [0.5, 0.6) is 0 Å². The highest BCUT2D eigenvalue weighted by Crippen LogP contribution is 2.19. The average Bonchev–Trinajstić information content (AvgIpc) is 2.80. The standard InChI is InChI=1S/C13H24O4/c14-11(12-8-6-10-17-12)7-4-2-1-3-5-9-13(15)16/h11-12,14H,1-10H2,(H,15,16). The van der Waals surface area contributed by atoms with E-state index >= 15 is 0 Å². The van der Waals surface area contributed by atoms with Crippen LogP contribution in [0.4, 0.5) is 0 Å². The summed E-state index contributed by atoms with van der Waals surface area (Å²) in [6.07, 6.45) is 7.77. The topological polar surface area (TPSA) is 66.8 Å². The quantitative estimate of drug-likeness (QED) is 0.611. The molecule has 1 aliphatic heterocycles. The van der Waals surface area contributed by atoms with E-state index in [9.17, 15) is 9.90 Å². The molecule has 0 aliphatic carbocycles. The summed E-state index contributed by atoms with van der Waals surface area (Å²) >= 11 is 0. The number of rotatable bonds is 9. The van der Waals surface area contributed by atoms with Gasteiger partial charge >= 0.3 is 5.97 Å². The van der Waals surface area contributed by atoms with Crippen LogP contribution in [0.2, 0.25) is 0 Å². The van der Waals surface area contributed by atoms with Crippen molar-refractivity contribution in [3.8, 4) is 0 Å². The SMILES string of the molecule is O=C(O)CCCCCCCC(O)C1CCCO1. The fraction of sp³-hybridized carbons (Fsp3) is 0.923. The molecule has 1 aliphatic rings. The molecule has 2 atom stereocenters. The van der Waals surface area contributed by atoms with E-state index in [-0.39, 0.29) is 18.6 Å². The molecule has 100 valence electrons. The molecule has 2 unspecified atom stereocenters. The van der Waals surface area contributed by atoms with Crippen molar-refractivity contribution in [3.05, 3.63) is 0 Å². The van der Waals surface area contributed by atoms with E-state index in [4.69, 9.17) is 9.84 Å². The van der Waals surface area contributed by atoms with Crippen molar-refractivity contribution < 1.29 is 19.7 Å². The Morgan fingerprint density at radius 2 is 1.94 bits per heavy atom. The molecule has 0 amide bonds. The van der Waals surface area contributed by atoms with Gasteiger partial charge in [0.05, 0.1) is 12.2 Å². The number of aliphatic hydroxyl groups is 1. The number of carboxylic acids is 1. The Balaban J connectivity index is 1.88.